The van der Waals surface area contributed by atoms with Crippen LogP contribution < -0.4 is 19.7 Å². The smallest absolute Gasteiger partial charge is 0.250 e. The van der Waals surface area contributed by atoms with Crippen LogP contribution in [0.4, 0.5) is 11.4 Å². The highest BCUT2D eigenvalue weighted by molar-refractivity contribution is 8.01. The van der Waals surface area contributed by atoms with Crippen LogP contribution in [-0.4, -0.2) is 61.7 Å². The number of hydrogen-bond donors (Lipinski definition) is 1. The van der Waals surface area contributed by atoms with Crippen LogP contribution >= 0.6 is 11.8 Å². The number of anilines is 2. The lowest BCUT2D eigenvalue weighted by Gasteiger charge is -2.34. The van der Waals surface area contributed by atoms with Crippen LogP contribution in [0.2, 0.25) is 0 Å². The van der Waals surface area contributed by atoms with E-state index in [2.05, 4.69) is 5.32 Å². The van der Waals surface area contributed by atoms with E-state index in [0.29, 0.717) is 36.0 Å². The number of amides is 3. The maximum atomic E-state index is 13.5. The molecule has 8 nitrogen and oxygen atoms in total. The van der Waals surface area contributed by atoms with Crippen molar-refractivity contribution in [1.29, 1.82) is 0 Å². The molecule has 0 unspecified atom stereocenters. The van der Waals surface area contributed by atoms with Gasteiger partial charge in [-0.15, -0.1) is 11.8 Å². The monoisotopic (exact) mass is 483 g/mol. The van der Waals surface area contributed by atoms with Gasteiger partial charge in [-0.1, -0.05) is 25.0 Å². The third kappa shape index (κ3) is 5.14. The Kier molecular flexibility index (Phi) is 7.62. The first-order chi connectivity index (χ1) is 16.5. The summed E-state index contributed by atoms with van der Waals surface area (Å²) in [5.41, 5.74) is 1.07. The van der Waals surface area contributed by atoms with Crippen LogP contribution in [0, 0.1) is 0 Å². The van der Waals surface area contributed by atoms with Gasteiger partial charge in [-0.25, -0.2) is 0 Å². The van der Waals surface area contributed by atoms with Crippen molar-refractivity contribution in [2.24, 2.45) is 0 Å². The number of nitrogens with zero attached hydrogens (tertiary/aromatic N) is 2. The summed E-state index contributed by atoms with van der Waals surface area (Å²) in [6, 6.07) is 12.5. The molecule has 3 amide bonds. The van der Waals surface area contributed by atoms with Crippen molar-refractivity contribution in [2.75, 3.05) is 44.1 Å². The Morgan fingerprint density at radius 3 is 2.47 bits per heavy atom. The molecule has 1 saturated heterocycles. The average Bonchev–Trinajstić information content (AvgIpc) is 3.15. The highest BCUT2D eigenvalue weighted by Gasteiger charge is 2.40. The first kappa shape index (κ1) is 23.9. The molecule has 9 heteroatoms. The van der Waals surface area contributed by atoms with Crippen molar-refractivity contribution in [3.8, 4) is 11.5 Å². The summed E-state index contributed by atoms with van der Waals surface area (Å²) in [5.74, 6) is 0.0962. The molecule has 2 aromatic carbocycles. The molecule has 4 rings (SSSR count). The number of rotatable bonds is 6. The SMILES string of the molecule is COc1ccc(OC)c(NC(=O)CN2C(=O)[C@@H](C(=O)N3CCCCCC3)Sc3ccccc32)c1. The highest BCUT2D eigenvalue weighted by Crippen LogP contribution is 2.40. The van der Waals surface area contributed by atoms with Crippen molar-refractivity contribution in [3.63, 3.8) is 0 Å². The van der Waals surface area contributed by atoms with Gasteiger partial charge >= 0.3 is 0 Å². The maximum Gasteiger partial charge on any atom is 0.250 e. The summed E-state index contributed by atoms with van der Waals surface area (Å²) in [6.45, 7) is 1.11. The molecule has 0 spiro atoms. The zero-order valence-electron chi connectivity index (χ0n) is 19.4. The van der Waals surface area contributed by atoms with E-state index < -0.39 is 11.2 Å². The van der Waals surface area contributed by atoms with Gasteiger partial charge in [0.05, 0.1) is 25.6 Å². The molecule has 2 aliphatic rings. The molecule has 1 atom stereocenters. The third-order valence-corrected chi connectivity index (χ3v) is 7.25. The van der Waals surface area contributed by atoms with E-state index in [4.69, 9.17) is 9.47 Å². The summed E-state index contributed by atoms with van der Waals surface area (Å²) < 4.78 is 10.6. The number of carbonyl (C=O) groups is 3. The summed E-state index contributed by atoms with van der Waals surface area (Å²) in [7, 11) is 3.05. The Labute approximate surface area is 203 Å². The number of ether oxygens (including phenoxy) is 2. The van der Waals surface area contributed by atoms with E-state index in [9.17, 15) is 14.4 Å². The molecule has 1 N–H and O–H groups in total. The number of carbonyl (C=O) groups excluding carboxylic acids is 3. The van der Waals surface area contributed by atoms with Crippen LogP contribution in [0.3, 0.4) is 0 Å². The Bertz CT molecular complexity index is 1070. The number of likely N-dealkylation sites (tertiary alicyclic amines) is 1. The molecule has 180 valence electrons. The lowest BCUT2D eigenvalue weighted by atomic mass is 10.2. The Morgan fingerprint density at radius 2 is 1.76 bits per heavy atom. The molecule has 0 radical (unpaired) electrons. The summed E-state index contributed by atoms with van der Waals surface area (Å²) >= 11 is 1.27. The van der Waals surface area contributed by atoms with Gasteiger partial charge in [0.15, 0.2) is 5.25 Å². The van der Waals surface area contributed by atoms with E-state index in [1.165, 1.54) is 30.9 Å². The van der Waals surface area contributed by atoms with Crippen molar-refractivity contribution in [3.05, 3.63) is 42.5 Å². The first-order valence-electron chi connectivity index (χ1n) is 11.4. The summed E-state index contributed by atoms with van der Waals surface area (Å²) in [5, 5.41) is 1.91. The fraction of sp³-hybridized carbons (Fsp3) is 0.400. The maximum absolute atomic E-state index is 13.5. The molecule has 0 aliphatic carbocycles. The van der Waals surface area contributed by atoms with Crippen molar-refractivity contribution >= 4 is 40.9 Å². The van der Waals surface area contributed by atoms with Crippen molar-refractivity contribution in [1.82, 2.24) is 4.90 Å². The second-order valence-corrected chi connectivity index (χ2v) is 9.39. The average molecular weight is 484 g/mol. The van der Waals surface area contributed by atoms with E-state index in [0.717, 1.165) is 30.6 Å². The third-order valence-electron chi connectivity index (χ3n) is 6.02. The number of nitrogens with one attached hydrogen (secondary N) is 1. The topological polar surface area (TPSA) is 88.2 Å². The van der Waals surface area contributed by atoms with Crippen molar-refractivity contribution in [2.45, 2.75) is 35.8 Å². The molecule has 34 heavy (non-hydrogen) atoms. The van der Waals surface area contributed by atoms with Crippen LogP contribution in [-0.2, 0) is 14.4 Å². The molecule has 0 saturated carbocycles. The number of thioether (sulfide) groups is 1. The van der Waals surface area contributed by atoms with Crippen LogP contribution in [0.25, 0.3) is 0 Å². The summed E-state index contributed by atoms with van der Waals surface area (Å²) in [6.07, 6.45) is 4.08. The van der Waals surface area contributed by atoms with Gasteiger partial charge in [0.2, 0.25) is 11.8 Å². The van der Waals surface area contributed by atoms with Gasteiger partial charge < -0.3 is 24.6 Å². The predicted molar refractivity (Wildman–Crippen MR) is 132 cm³/mol. The molecule has 2 aliphatic heterocycles. The van der Waals surface area contributed by atoms with E-state index in [-0.39, 0.29) is 18.4 Å². The Morgan fingerprint density at radius 1 is 1.03 bits per heavy atom. The highest BCUT2D eigenvalue weighted by atomic mass is 32.2. The molecule has 2 aromatic rings. The number of hydrogen-bond acceptors (Lipinski definition) is 6. The zero-order valence-corrected chi connectivity index (χ0v) is 20.2. The lowest BCUT2D eigenvalue weighted by molar-refractivity contribution is -0.135. The molecular weight excluding hydrogens is 454 g/mol. The number of methoxy groups -OCH3 is 2. The second-order valence-electron chi connectivity index (χ2n) is 8.24. The minimum Gasteiger partial charge on any atom is -0.497 e. The summed E-state index contributed by atoms with van der Waals surface area (Å²) in [4.78, 5) is 43.9. The van der Waals surface area contributed by atoms with Gasteiger partial charge in [-0.3, -0.25) is 14.4 Å². The molecule has 1 fully saturated rings. The fourth-order valence-corrected chi connectivity index (χ4v) is 5.43. The number of benzene rings is 2. The van der Waals surface area contributed by atoms with Crippen molar-refractivity contribution < 1.29 is 23.9 Å². The van der Waals surface area contributed by atoms with Crippen LogP contribution in [0.15, 0.2) is 47.4 Å². The van der Waals surface area contributed by atoms with Crippen LogP contribution in [0.5, 0.6) is 11.5 Å². The number of para-hydroxylation sites is 1. The molecule has 0 bridgehead atoms. The minimum absolute atomic E-state index is 0.175. The standard InChI is InChI=1S/C25H29N3O5S/c1-32-17-11-12-20(33-2)18(15-17)26-22(29)16-28-19-9-5-6-10-21(19)34-23(25(28)31)24(30)27-13-7-3-4-8-14-27/h5-6,9-12,15,23H,3-4,7-8,13-14,16H2,1-2H3,(H,26,29)/t23-/m1/s1. The van der Waals surface area contributed by atoms with E-state index in [1.54, 1.807) is 29.2 Å². The Hall–Kier alpha value is -3.20. The van der Waals surface area contributed by atoms with Gasteiger partial charge in [0.25, 0.3) is 5.91 Å². The fourth-order valence-electron chi connectivity index (χ4n) is 4.24. The largest absolute Gasteiger partial charge is 0.497 e. The minimum atomic E-state index is -0.896. The van der Waals surface area contributed by atoms with Gasteiger partial charge in [-0.2, -0.15) is 0 Å². The molecule has 2 heterocycles. The quantitative estimate of drug-likeness (QED) is 0.633. The van der Waals surface area contributed by atoms with E-state index in [1.807, 2.05) is 18.2 Å². The zero-order chi connectivity index (χ0) is 24.1. The van der Waals surface area contributed by atoms with Gasteiger partial charge in [0, 0.05) is 24.1 Å². The second kappa shape index (κ2) is 10.8. The lowest BCUT2D eigenvalue weighted by Crippen LogP contribution is -2.51. The number of fused-ring (bicyclic) bond motifs is 1. The predicted octanol–water partition coefficient (Wildman–Crippen LogP) is 3.55. The Balaban J connectivity index is 1.56. The van der Waals surface area contributed by atoms with E-state index >= 15 is 0 Å². The molecule has 0 aromatic heterocycles. The first-order valence-corrected chi connectivity index (χ1v) is 12.3. The normalized spacial score (nSPS) is 18.1. The van der Waals surface area contributed by atoms with Gasteiger partial charge in [-0.05, 0) is 37.1 Å². The van der Waals surface area contributed by atoms with Crippen LogP contribution in [0.1, 0.15) is 25.7 Å². The molecular formula is C25H29N3O5S. The van der Waals surface area contributed by atoms with Gasteiger partial charge in [0.1, 0.15) is 18.0 Å².